The van der Waals surface area contributed by atoms with E-state index in [4.69, 9.17) is 12.2 Å². The van der Waals surface area contributed by atoms with E-state index in [1.165, 1.54) is 4.57 Å². The lowest BCUT2D eigenvalue weighted by atomic mass is 10.4. The van der Waals surface area contributed by atoms with E-state index in [0.29, 0.717) is 4.77 Å². The monoisotopic (exact) mass is 267 g/mol. The Labute approximate surface area is 110 Å². The molecule has 2 aliphatic carbocycles. The Balaban J connectivity index is 2.37. The first-order valence-corrected chi connectivity index (χ1v) is 6.92. The Morgan fingerprint density at radius 2 is 1.39 bits per heavy atom. The molecule has 0 unspecified atom stereocenters. The molecular weight excluding hydrogens is 250 g/mol. The fraction of sp³-hybridized carbons (Fsp3) is 0.750. The molecule has 0 aromatic carbocycles. The van der Waals surface area contributed by atoms with Gasteiger partial charge in [-0.15, -0.1) is 0 Å². The number of rotatable bonds is 3. The fourth-order valence-corrected chi connectivity index (χ4v) is 2.78. The summed E-state index contributed by atoms with van der Waals surface area (Å²) in [5, 5.41) is 0. The van der Waals surface area contributed by atoms with Crippen LogP contribution in [0.3, 0.4) is 0 Å². The first-order chi connectivity index (χ1) is 8.52. The SMILES string of the molecule is CC(C)n1c(=O)n(C2CC2)c(=S)n(C2CC2)c1=O. The van der Waals surface area contributed by atoms with Crippen LogP contribution >= 0.6 is 12.2 Å². The van der Waals surface area contributed by atoms with Crippen molar-refractivity contribution in [3.63, 3.8) is 0 Å². The Kier molecular flexibility index (Phi) is 2.59. The normalized spacial score (nSPS) is 19.5. The minimum Gasteiger partial charge on any atom is -0.267 e. The Morgan fingerprint density at radius 1 is 1.00 bits per heavy atom. The molecule has 0 spiro atoms. The summed E-state index contributed by atoms with van der Waals surface area (Å²) < 4.78 is 5.06. The van der Waals surface area contributed by atoms with Gasteiger partial charge < -0.3 is 0 Å². The third-order valence-corrected chi connectivity index (χ3v) is 3.97. The van der Waals surface area contributed by atoms with Crippen LogP contribution in [0.5, 0.6) is 0 Å². The van der Waals surface area contributed by atoms with Crippen molar-refractivity contribution in [1.29, 1.82) is 0 Å². The Morgan fingerprint density at radius 3 is 1.67 bits per heavy atom. The summed E-state index contributed by atoms with van der Waals surface area (Å²) in [7, 11) is 0. The molecule has 98 valence electrons. The van der Waals surface area contributed by atoms with Crippen molar-refractivity contribution < 1.29 is 0 Å². The van der Waals surface area contributed by atoms with Gasteiger partial charge in [0, 0.05) is 18.1 Å². The lowest BCUT2D eigenvalue weighted by Gasteiger charge is -2.16. The maximum atomic E-state index is 12.4. The van der Waals surface area contributed by atoms with E-state index in [9.17, 15) is 9.59 Å². The van der Waals surface area contributed by atoms with Crippen LogP contribution in [0.1, 0.15) is 57.7 Å². The summed E-state index contributed by atoms with van der Waals surface area (Å²) in [6, 6.07) is 0.289. The molecule has 0 atom stereocenters. The summed E-state index contributed by atoms with van der Waals surface area (Å²) in [4.78, 5) is 24.7. The molecule has 0 saturated heterocycles. The topological polar surface area (TPSA) is 48.9 Å². The lowest BCUT2D eigenvalue weighted by molar-refractivity contribution is 0.433. The predicted octanol–water partition coefficient (Wildman–Crippen LogP) is 1.79. The third kappa shape index (κ3) is 1.70. The van der Waals surface area contributed by atoms with Crippen LogP contribution < -0.4 is 11.4 Å². The van der Waals surface area contributed by atoms with Gasteiger partial charge in [-0.05, 0) is 51.7 Å². The lowest BCUT2D eigenvalue weighted by Crippen LogP contribution is -2.46. The average molecular weight is 267 g/mol. The molecule has 2 fully saturated rings. The maximum absolute atomic E-state index is 12.4. The van der Waals surface area contributed by atoms with Gasteiger partial charge in [0.15, 0.2) is 4.77 Å². The summed E-state index contributed by atoms with van der Waals surface area (Å²) in [5.41, 5.74) is -0.473. The molecule has 0 amide bonds. The van der Waals surface area contributed by atoms with Gasteiger partial charge in [0.1, 0.15) is 0 Å². The van der Waals surface area contributed by atoms with Crippen molar-refractivity contribution in [3.05, 3.63) is 25.7 Å². The highest BCUT2D eigenvalue weighted by molar-refractivity contribution is 7.71. The number of hydrogen-bond acceptors (Lipinski definition) is 3. The van der Waals surface area contributed by atoms with Gasteiger partial charge >= 0.3 is 11.4 Å². The van der Waals surface area contributed by atoms with Gasteiger partial charge in [-0.2, -0.15) is 0 Å². The second-order valence-corrected chi connectivity index (χ2v) is 5.88. The molecule has 5 nitrogen and oxygen atoms in total. The summed E-state index contributed by atoms with van der Waals surface area (Å²) in [6.07, 6.45) is 3.96. The van der Waals surface area contributed by atoms with Crippen LogP contribution in [0.2, 0.25) is 0 Å². The number of nitrogens with zero attached hydrogens (tertiary/aromatic N) is 3. The molecule has 1 aromatic heterocycles. The number of hydrogen-bond donors (Lipinski definition) is 0. The molecule has 0 N–H and O–H groups in total. The smallest absolute Gasteiger partial charge is 0.267 e. The van der Waals surface area contributed by atoms with Crippen LogP contribution in [0.15, 0.2) is 9.59 Å². The zero-order chi connectivity index (χ0) is 13.0. The highest BCUT2D eigenvalue weighted by Gasteiger charge is 2.33. The van der Waals surface area contributed by atoms with Gasteiger partial charge in [0.25, 0.3) is 0 Å². The van der Waals surface area contributed by atoms with Crippen molar-refractivity contribution in [2.75, 3.05) is 0 Å². The third-order valence-electron chi connectivity index (χ3n) is 3.58. The molecule has 2 saturated carbocycles. The zero-order valence-corrected chi connectivity index (χ0v) is 11.4. The molecule has 0 radical (unpaired) electrons. The van der Waals surface area contributed by atoms with Gasteiger partial charge in [0.2, 0.25) is 0 Å². The first kappa shape index (κ1) is 11.9. The van der Waals surface area contributed by atoms with Crippen molar-refractivity contribution in [1.82, 2.24) is 13.7 Å². The van der Waals surface area contributed by atoms with Gasteiger partial charge in [-0.3, -0.25) is 9.13 Å². The van der Waals surface area contributed by atoms with Crippen molar-refractivity contribution in [2.24, 2.45) is 0 Å². The van der Waals surface area contributed by atoms with E-state index in [-0.39, 0.29) is 29.5 Å². The van der Waals surface area contributed by atoms with Gasteiger partial charge in [-0.1, -0.05) is 0 Å². The Hall–Kier alpha value is -1.17. The average Bonchev–Trinajstić information content (AvgIpc) is 3.11. The highest BCUT2D eigenvalue weighted by Crippen LogP contribution is 2.36. The van der Waals surface area contributed by atoms with E-state index in [2.05, 4.69) is 0 Å². The molecule has 0 aliphatic heterocycles. The van der Waals surface area contributed by atoms with E-state index in [1.54, 1.807) is 9.13 Å². The molecule has 18 heavy (non-hydrogen) atoms. The van der Waals surface area contributed by atoms with Crippen LogP contribution in [0, 0.1) is 4.77 Å². The molecule has 1 heterocycles. The van der Waals surface area contributed by atoms with E-state index in [1.807, 2.05) is 13.8 Å². The van der Waals surface area contributed by atoms with Crippen LogP contribution in [-0.4, -0.2) is 13.7 Å². The molecule has 2 aliphatic rings. The van der Waals surface area contributed by atoms with Crippen LogP contribution in [0.4, 0.5) is 0 Å². The summed E-state index contributed by atoms with van der Waals surface area (Å²) in [6.45, 7) is 3.72. The summed E-state index contributed by atoms with van der Waals surface area (Å²) >= 11 is 5.36. The first-order valence-electron chi connectivity index (χ1n) is 6.52. The van der Waals surface area contributed by atoms with Gasteiger partial charge in [0.05, 0.1) is 0 Å². The van der Waals surface area contributed by atoms with E-state index >= 15 is 0 Å². The molecule has 6 heteroatoms. The van der Waals surface area contributed by atoms with Crippen molar-refractivity contribution in [2.45, 2.75) is 57.7 Å². The molecule has 1 aromatic rings. The van der Waals surface area contributed by atoms with Crippen LogP contribution in [-0.2, 0) is 0 Å². The van der Waals surface area contributed by atoms with Gasteiger partial charge in [-0.25, -0.2) is 14.2 Å². The number of aromatic nitrogens is 3. The van der Waals surface area contributed by atoms with Crippen molar-refractivity contribution in [3.8, 4) is 0 Å². The molecule has 3 rings (SSSR count). The fourth-order valence-electron chi connectivity index (χ4n) is 2.33. The molecule has 0 bridgehead atoms. The van der Waals surface area contributed by atoms with Crippen LogP contribution in [0.25, 0.3) is 0 Å². The summed E-state index contributed by atoms with van der Waals surface area (Å²) in [5.74, 6) is 0. The zero-order valence-electron chi connectivity index (χ0n) is 10.6. The Bertz CT molecular complexity index is 548. The second kappa shape index (κ2) is 3.91. The predicted molar refractivity (Wildman–Crippen MR) is 70.7 cm³/mol. The van der Waals surface area contributed by atoms with E-state index in [0.717, 1.165) is 25.7 Å². The van der Waals surface area contributed by atoms with Crippen molar-refractivity contribution >= 4 is 12.2 Å². The minimum absolute atomic E-state index is 0.129. The maximum Gasteiger partial charge on any atom is 0.334 e. The second-order valence-electron chi connectivity index (χ2n) is 5.51. The van der Waals surface area contributed by atoms with E-state index < -0.39 is 0 Å². The minimum atomic E-state index is -0.237. The highest BCUT2D eigenvalue weighted by atomic mass is 32.1. The quantitative estimate of drug-likeness (QED) is 0.785. The molecular formula is C12H17N3O2S. The standard InChI is InChI=1S/C12H17N3O2S/c1-7(2)13-10(16)14(8-3-4-8)12(18)15(11(13)17)9-5-6-9/h7-9H,3-6H2,1-2H3. The largest absolute Gasteiger partial charge is 0.334 e.